The van der Waals surface area contributed by atoms with E-state index in [-0.39, 0.29) is 0 Å². The van der Waals surface area contributed by atoms with Crippen LogP contribution in [0.5, 0.6) is 0 Å². The molecule has 3 aliphatic heterocycles. The van der Waals surface area contributed by atoms with Crippen LogP contribution < -0.4 is 5.32 Å². The highest BCUT2D eigenvalue weighted by Crippen LogP contribution is 2.31. The van der Waals surface area contributed by atoms with Gasteiger partial charge in [0.25, 0.3) is 0 Å². The van der Waals surface area contributed by atoms with Crippen molar-refractivity contribution in [2.75, 3.05) is 25.0 Å². The lowest BCUT2D eigenvalue weighted by atomic mass is 9.84. The predicted molar refractivity (Wildman–Crippen MR) is 77.7 cm³/mol. The van der Waals surface area contributed by atoms with Gasteiger partial charge in [0.2, 0.25) is 0 Å². The van der Waals surface area contributed by atoms with E-state index >= 15 is 0 Å². The molecule has 19 heavy (non-hydrogen) atoms. The normalized spacial score (nSPS) is 29.2. The average Bonchev–Trinajstić information content (AvgIpc) is 2.42. The highest BCUT2D eigenvalue weighted by molar-refractivity contribution is 9.10. The summed E-state index contributed by atoms with van der Waals surface area (Å²) in [6.07, 6.45) is 2.44. The fourth-order valence-corrected chi connectivity index (χ4v) is 3.51. The van der Waals surface area contributed by atoms with E-state index in [4.69, 9.17) is 0 Å². The number of hydrogen-bond donors (Lipinski definition) is 2. The highest BCUT2D eigenvalue weighted by Gasteiger charge is 2.34. The molecule has 3 fully saturated rings. The number of fused-ring (bicyclic) bond motifs is 3. The van der Waals surface area contributed by atoms with E-state index in [1.807, 2.05) is 12.1 Å². The molecule has 102 valence electrons. The number of piperidine rings is 3. The minimum Gasteiger partial charge on any atom is -0.478 e. The largest absolute Gasteiger partial charge is 0.478 e. The molecule has 1 aromatic carbocycles. The average molecular weight is 325 g/mol. The van der Waals surface area contributed by atoms with Gasteiger partial charge in [0, 0.05) is 22.7 Å². The van der Waals surface area contributed by atoms with E-state index in [1.165, 1.54) is 25.9 Å². The molecule has 1 aromatic rings. The molecule has 5 heteroatoms. The number of halogens is 1. The minimum absolute atomic E-state index is 0.339. The van der Waals surface area contributed by atoms with Crippen LogP contribution in [0.25, 0.3) is 0 Å². The molecule has 0 aliphatic carbocycles. The molecule has 3 heterocycles. The summed E-state index contributed by atoms with van der Waals surface area (Å²) in [5.41, 5.74) is 1.07. The van der Waals surface area contributed by atoms with Crippen LogP contribution in [0, 0.1) is 5.92 Å². The summed E-state index contributed by atoms with van der Waals surface area (Å²) in [6.45, 7) is 3.41. The topological polar surface area (TPSA) is 52.6 Å². The van der Waals surface area contributed by atoms with Gasteiger partial charge in [0.15, 0.2) is 0 Å². The number of carbonyl (C=O) groups is 1. The first-order valence-corrected chi connectivity index (χ1v) is 7.44. The van der Waals surface area contributed by atoms with Crippen LogP contribution in [0.1, 0.15) is 23.2 Å². The monoisotopic (exact) mass is 324 g/mol. The number of rotatable bonds is 3. The van der Waals surface area contributed by atoms with Crippen LogP contribution in [-0.2, 0) is 0 Å². The van der Waals surface area contributed by atoms with Gasteiger partial charge in [-0.3, -0.25) is 0 Å². The number of anilines is 1. The first-order chi connectivity index (χ1) is 9.13. The second-order valence-electron chi connectivity index (χ2n) is 5.38. The summed E-state index contributed by atoms with van der Waals surface area (Å²) in [5.74, 6) is -0.208. The summed E-state index contributed by atoms with van der Waals surface area (Å²) < 4.78 is 0.796. The summed E-state index contributed by atoms with van der Waals surface area (Å²) in [6, 6.07) is 5.77. The van der Waals surface area contributed by atoms with Crippen molar-refractivity contribution in [1.29, 1.82) is 0 Å². The lowest BCUT2D eigenvalue weighted by Gasteiger charge is -2.45. The van der Waals surface area contributed by atoms with Gasteiger partial charge in [-0.1, -0.05) is 15.9 Å². The lowest BCUT2D eigenvalue weighted by molar-refractivity contribution is 0.0697. The SMILES string of the molecule is O=C(O)c1cc(Br)ccc1NC1CN2CCC1CC2. The van der Waals surface area contributed by atoms with E-state index in [0.717, 1.165) is 16.7 Å². The Morgan fingerprint density at radius 3 is 2.68 bits per heavy atom. The van der Waals surface area contributed by atoms with Crippen LogP contribution in [0.4, 0.5) is 5.69 Å². The van der Waals surface area contributed by atoms with E-state index < -0.39 is 5.97 Å². The molecule has 0 saturated carbocycles. The summed E-state index contributed by atoms with van der Waals surface area (Å²) in [7, 11) is 0. The molecule has 4 rings (SSSR count). The van der Waals surface area contributed by atoms with Crippen LogP contribution >= 0.6 is 15.9 Å². The fourth-order valence-electron chi connectivity index (χ4n) is 3.15. The molecule has 0 amide bonds. The zero-order valence-corrected chi connectivity index (χ0v) is 12.2. The lowest BCUT2D eigenvalue weighted by Crippen LogP contribution is -2.53. The van der Waals surface area contributed by atoms with Crippen molar-refractivity contribution < 1.29 is 9.90 Å². The van der Waals surface area contributed by atoms with Crippen LogP contribution in [0.2, 0.25) is 0 Å². The highest BCUT2D eigenvalue weighted by atomic mass is 79.9. The van der Waals surface area contributed by atoms with Crippen molar-refractivity contribution >= 4 is 27.6 Å². The molecular weight excluding hydrogens is 308 g/mol. The zero-order valence-electron chi connectivity index (χ0n) is 10.6. The van der Waals surface area contributed by atoms with Crippen molar-refractivity contribution in [2.45, 2.75) is 18.9 Å². The third-order valence-electron chi connectivity index (χ3n) is 4.21. The van der Waals surface area contributed by atoms with Crippen LogP contribution in [0.15, 0.2) is 22.7 Å². The van der Waals surface area contributed by atoms with E-state index in [9.17, 15) is 9.90 Å². The fraction of sp³-hybridized carbons (Fsp3) is 0.500. The van der Waals surface area contributed by atoms with Gasteiger partial charge in [-0.2, -0.15) is 0 Å². The summed E-state index contributed by atoms with van der Waals surface area (Å²) >= 11 is 3.32. The second kappa shape index (κ2) is 5.13. The molecule has 0 radical (unpaired) electrons. The predicted octanol–water partition coefficient (Wildman–Crippen LogP) is 2.65. The van der Waals surface area contributed by atoms with E-state index in [1.54, 1.807) is 6.07 Å². The Kier molecular flexibility index (Phi) is 3.50. The molecule has 2 bridgehead atoms. The van der Waals surface area contributed by atoms with Crippen molar-refractivity contribution in [2.24, 2.45) is 5.92 Å². The molecule has 2 N–H and O–H groups in total. The molecule has 3 saturated heterocycles. The maximum absolute atomic E-state index is 11.3. The Balaban J connectivity index is 1.81. The number of benzene rings is 1. The molecule has 1 unspecified atom stereocenters. The Morgan fingerprint density at radius 1 is 1.37 bits per heavy atom. The smallest absolute Gasteiger partial charge is 0.337 e. The minimum atomic E-state index is -0.884. The van der Waals surface area contributed by atoms with E-state index in [0.29, 0.717) is 17.5 Å². The molecule has 0 spiro atoms. The Hall–Kier alpha value is -1.07. The molecule has 1 atom stereocenters. The first kappa shape index (κ1) is 12.9. The second-order valence-corrected chi connectivity index (χ2v) is 6.30. The Morgan fingerprint density at radius 2 is 2.11 bits per heavy atom. The summed E-state index contributed by atoms with van der Waals surface area (Å²) in [5, 5.41) is 12.7. The third-order valence-corrected chi connectivity index (χ3v) is 4.70. The molecule has 0 aromatic heterocycles. The van der Waals surface area contributed by atoms with Crippen molar-refractivity contribution in [3.8, 4) is 0 Å². The number of carboxylic acid groups (broad SMARTS) is 1. The third kappa shape index (κ3) is 2.62. The quantitative estimate of drug-likeness (QED) is 0.897. The number of hydrogen-bond acceptors (Lipinski definition) is 3. The summed E-state index contributed by atoms with van der Waals surface area (Å²) in [4.78, 5) is 13.8. The van der Waals surface area contributed by atoms with Gasteiger partial charge in [-0.25, -0.2) is 4.79 Å². The molecule has 4 nitrogen and oxygen atoms in total. The number of carboxylic acids is 1. The number of nitrogens with zero attached hydrogens (tertiary/aromatic N) is 1. The molecule has 3 aliphatic rings. The van der Waals surface area contributed by atoms with Gasteiger partial charge >= 0.3 is 5.97 Å². The molecular formula is C14H17BrN2O2. The maximum atomic E-state index is 11.3. The standard InChI is InChI=1S/C14H17BrN2O2/c15-10-1-2-12(11(7-10)14(18)19)16-13-8-17-5-3-9(13)4-6-17/h1-2,7,9,13,16H,3-6,8H2,(H,18,19). The van der Waals surface area contributed by atoms with Crippen molar-refractivity contribution in [3.05, 3.63) is 28.2 Å². The maximum Gasteiger partial charge on any atom is 0.337 e. The first-order valence-electron chi connectivity index (χ1n) is 6.65. The van der Waals surface area contributed by atoms with E-state index in [2.05, 4.69) is 26.1 Å². The number of aromatic carboxylic acids is 1. The Bertz CT molecular complexity index is 498. The van der Waals surface area contributed by atoms with Crippen molar-refractivity contribution in [3.63, 3.8) is 0 Å². The Labute approximate surface area is 120 Å². The zero-order chi connectivity index (χ0) is 13.4. The van der Waals surface area contributed by atoms with Crippen LogP contribution in [0.3, 0.4) is 0 Å². The van der Waals surface area contributed by atoms with Crippen molar-refractivity contribution in [1.82, 2.24) is 4.90 Å². The van der Waals surface area contributed by atoms with Gasteiger partial charge in [0.1, 0.15) is 0 Å². The van der Waals surface area contributed by atoms with Gasteiger partial charge < -0.3 is 15.3 Å². The number of nitrogens with one attached hydrogen (secondary N) is 1. The van der Waals surface area contributed by atoms with Gasteiger partial charge in [-0.15, -0.1) is 0 Å². The van der Waals surface area contributed by atoms with Gasteiger partial charge in [0.05, 0.1) is 5.56 Å². The van der Waals surface area contributed by atoms with Gasteiger partial charge in [-0.05, 0) is 50.0 Å². The van der Waals surface area contributed by atoms with Crippen LogP contribution in [-0.4, -0.2) is 41.7 Å².